The summed E-state index contributed by atoms with van der Waals surface area (Å²) in [6.45, 7) is 0. The Morgan fingerprint density at radius 1 is 0.838 bits per heavy atom. The Morgan fingerprint density at radius 2 is 1.62 bits per heavy atom. The van der Waals surface area contributed by atoms with Gasteiger partial charge < -0.3 is 19.8 Å². The number of hydrogen-bond acceptors (Lipinski definition) is 5. The van der Waals surface area contributed by atoms with Crippen LogP contribution in [0.25, 0.3) is 11.3 Å². The molecular formula is C26H18Cl3N3O4S. The first-order valence-electron chi connectivity index (χ1n) is 10.7. The van der Waals surface area contributed by atoms with Gasteiger partial charge in [0.15, 0.2) is 10.9 Å². The van der Waals surface area contributed by atoms with Crippen molar-refractivity contribution in [2.75, 3.05) is 17.7 Å². The number of benzene rings is 3. The van der Waals surface area contributed by atoms with Crippen LogP contribution in [-0.2, 0) is 0 Å². The summed E-state index contributed by atoms with van der Waals surface area (Å²) in [5.74, 6) is -0.0514. The normalized spacial score (nSPS) is 10.5. The van der Waals surface area contributed by atoms with Crippen molar-refractivity contribution in [1.82, 2.24) is 5.32 Å². The Hall–Kier alpha value is -3.56. The van der Waals surface area contributed by atoms with Crippen LogP contribution in [0, 0.1) is 0 Å². The molecule has 1 heterocycles. The van der Waals surface area contributed by atoms with Crippen molar-refractivity contribution in [3.63, 3.8) is 0 Å². The average Bonchev–Trinajstić information content (AvgIpc) is 3.37. The number of anilines is 2. The number of carbonyl (C=O) groups excluding carboxylic acids is 2. The Morgan fingerprint density at radius 3 is 2.35 bits per heavy atom. The molecule has 0 radical (unpaired) electrons. The molecule has 0 saturated heterocycles. The van der Waals surface area contributed by atoms with E-state index in [1.807, 2.05) is 0 Å². The molecule has 2 amide bonds. The maximum Gasteiger partial charge on any atom is 0.293 e. The number of furan rings is 1. The fourth-order valence-electron chi connectivity index (χ4n) is 3.30. The number of rotatable bonds is 6. The highest BCUT2D eigenvalue weighted by Gasteiger charge is 2.16. The Kier molecular flexibility index (Phi) is 8.35. The molecule has 0 aliphatic rings. The van der Waals surface area contributed by atoms with Crippen molar-refractivity contribution in [2.45, 2.75) is 0 Å². The summed E-state index contributed by atoms with van der Waals surface area (Å²) in [5, 5.41) is 9.38. The van der Waals surface area contributed by atoms with Crippen LogP contribution in [0.3, 0.4) is 0 Å². The number of methoxy groups -OCH3 is 1. The Balaban J connectivity index is 1.40. The number of thiocarbonyl (C=S) groups is 1. The second-order valence-corrected chi connectivity index (χ2v) is 9.18. The van der Waals surface area contributed by atoms with Gasteiger partial charge in [-0.1, -0.05) is 46.9 Å². The SMILES string of the molecule is COc1cc(NC(=S)NC(=O)c2ccc(-c3ccc(Cl)c(Cl)c3)o2)ccc1NC(=O)c1ccccc1Cl. The highest BCUT2D eigenvalue weighted by Crippen LogP contribution is 2.30. The van der Waals surface area contributed by atoms with Gasteiger partial charge in [0.25, 0.3) is 11.8 Å². The summed E-state index contributed by atoms with van der Waals surface area (Å²) >= 11 is 23.4. The highest BCUT2D eigenvalue weighted by molar-refractivity contribution is 7.80. The van der Waals surface area contributed by atoms with Crippen LogP contribution in [0.4, 0.5) is 11.4 Å². The van der Waals surface area contributed by atoms with Gasteiger partial charge in [0.1, 0.15) is 11.5 Å². The first-order chi connectivity index (χ1) is 17.7. The molecule has 0 atom stereocenters. The zero-order valence-electron chi connectivity index (χ0n) is 19.1. The lowest BCUT2D eigenvalue weighted by atomic mass is 10.2. The van der Waals surface area contributed by atoms with E-state index in [0.29, 0.717) is 49.1 Å². The molecule has 188 valence electrons. The highest BCUT2D eigenvalue weighted by atomic mass is 35.5. The fraction of sp³-hybridized carbons (Fsp3) is 0.0385. The third-order valence-corrected chi connectivity index (χ3v) is 6.36. The van der Waals surface area contributed by atoms with Crippen LogP contribution >= 0.6 is 47.0 Å². The molecule has 37 heavy (non-hydrogen) atoms. The second kappa shape index (κ2) is 11.7. The van der Waals surface area contributed by atoms with Gasteiger partial charge in [-0.05, 0) is 66.8 Å². The standard InChI is InChI=1S/C26H18Cl3N3O4S/c1-35-23-13-15(7-9-20(23)31-24(33)16-4-2-3-5-17(16)27)30-26(37)32-25(34)22-11-10-21(36-22)14-6-8-18(28)19(29)12-14/h2-13H,1H3,(H,31,33)(H2,30,32,34,37). The molecule has 0 saturated carbocycles. The molecule has 0 aliphatic heterocycles. The van der Waals surface area contributed by atoms with Crippen LogP contribution in [0.5, 0.6) is 5.75 Å². The van der Waals surface area contributed by atoms with E-state index in [0.717, 1.165) is 0 Å². The van der Waals surface area contributed by atoms with Crippen LogP contribution in [0.1, 0.15) is 20.9 Å². The van der Waals surface area contributed by atoms with Crippen molar-refractivity contribution in [3.05, 3.63) is 99.2 Å². The number of hydrogen-bond donors (Lipinski definition) is 3. The van der Waals surface area contributed by atoms with E-state index >= 15 is 0 Å². The molecule has 0 aliphatic carbocycles. The summed E-state index contributed by atoms with van der Waals surface area (Å²) < 4.78 is 11.0. The Bertz CT molecular complexity index is 1510. The van der Waals surface area contributed by atoms with Crippen molar-refractivity contribution in [1.29, 1.82) is 0 Å². The molecule has 4 rings (SSSR count). The molecule has 3 N–H and O–H groups in total. The first kappa shape index (κ1) is 26.5. The van der Waals surface area contributed by atoms with Crippen LogP contribution in [0.2, 0.25) is 15.1 Å². The molecule has 0 fully saturated rings. The van der Waals surface area contributed by atoms with Crippen LogP contribution in [-0.4, -0.2) is 24.0 Å². The van der Waals surface area contributed by atoms with E-state index in [4.69, 9.17) is 56.2 Å². The predicted molar refractivity (Wildman–Crippen MR) is 150 cm³/mol. The average molecular weight is 575 g/mol. The van der Waals surface area contributed by atoms with Crippen LogP contribution in [0.15, 0.2) is 77.2 Å². The molecule has 3 aromatic carbocycles. The number of ether oxygens (including phenoxy) is 1. The maximum absolute atomic E-state index is 12.6. The smallest absolute Gasteiger partial charge is 0.293 e. The van der Waals surface area contributed by atoms with Crippen molar-refractivity contribution in [2.24, 2.45) is 0 Å². The molecule has 0 unspecified atom stereocenters. The van der Waals surface area contributed by atoms with E-state index in [1.165, 1.54) is 13.2 Å². The zero-order valence-corrected chi connectivity index (χ0v) is 22.2. The quantitative estimate of drug-likeness (QED) is 0.209. The topological polar surface area (TPSA) is 92.6 Å². The van der Waals surface area contributed by atoms with Crippen molar-refractivity contribution < 1.29 is 18.7 Å². The first-order valence-corrected chi connectivity index (χ1v) is 12.2. The van der Waals surface area contributed by atoms with Gasteiger partial charge in [-0.3, -0.25) is 14.9 Å². The maximum atomic E-state index is 12.6. The summed E-state index contributed by atoms with van der Waals surface area (Å²) in [6, 6.07) is 19.8. The van der Waals surface area contributed by atoms with Gasteiger partial charge >= 0.3 is 0 Å². The van der Waals surface area contributed by atoms with Crippen molar-refractivity contribution >= 4 is 75.3 Å². The van der Waals surface area contributed by atoms with Gasteiger partial charge in [0.2, 0.25) is 0 Å². The van der Waals surface area contributed by atoms with E-state index < -0.39 is 5.91 Å². The molecular weight excluding hydrogens is 557 g/mol. The fourth-order valence-corrected chi connectivity index (χ4v) is 4.03. The Labute approximate surface area is 232 Å². The molecule has 1 aromatic heterocycles. The van der Waals surface area contributed by atoms with E-state index in [9.17, 15) is 9.59 Å². The number of halogens is 3. The number of carbonyl (C=O) groups is 2. The third kappa shape index (κ3) is 6.42. The van der Waals surface area contributed by atoms with Crippen molar-refractivity contribution in [3.8, 4) is 17.1 Å². The summed E-state index contributed by atoms with van der Waals surface area (Å²) in [4.78, 5) is 25.2. The largest absolute Gasteiger partial charge is 0.494 e. The van der Waals surface area contributed by atoms with Gasteiger partial charge in [-0.25, -0.2) is 0 Å². The summed E-state index contributed by atoms with van der Waals surface area (Å²) in [5.41, 5.74) is 1.95. The van der Waals surface area contributed by atoms with Crippen LogP contribution < -0.4 is 20.7 Å². The van der Waals surface area contributed by atoms with E-state index in [-0.39, 0.29) is 16.8 Å². The molecule has 11 heteroatoms. The minimum Gasteiger partial charge on any atom is -0.494 e. The van der Waals surface area contributed by atoms with E-state index in [2.05, 4.69) is 16.0 Å². The minimum atomic E-state index is -0.542. The second-order valence-electron chi connectivity index (χ2n) is 7.55. The lowest BCUT2D eigenvalue weighted by molar-refractivity contribution is 0.0950. The van der Waals surface area contributed by atoms with E-state index in [1.54, 1.807) is 66.7 Å². The summed E-state index contributed by atoms with van der Waals surface area (Å²) in [7, 11) is 1.47. The van der Waals surface area contributed by atoms with Gasteiger partial charge in [0.05, 0.1) is 33.4 Å². The number of amides is 2. The van der Waals surface area contributed by atoms with Gasteiger partial charge in [-0.2, -0.15) is 0 Å². The molecule has 0 bridgehead atoms. The lowest BCUT2D eigenvalue weighted by Gasteiger charge is -2.14. The monoisotopic (exact) mass is 573 g/mol. The zero-order chi connectivity index (χ0) is 26.5. The molecule has 0 spiro atoms. The lowest BCUT2D eigenvalue weighted by Crippen LogP contribution is -2.33. The third-order valence-electron chi connectivity index (χ3n) is 5.09. The molecule has 7 nitrogen and oxygen atoms in total. The minimum absolute atomic E-state index is 0.0346. The predicted octanol–water partition coefficient (Wildman–Crippen LogP) is 7.29. The van der Waals surface area contributed by atoms with Gasteiger partial charge in [0, 0.05) is 17.3 Å². The summed E-state index contributed by atoms with van der Waals surface area (Å²) in [6.07, 6.45) is 0. The number of nitrogens with one attached hydrogen (secondary N) is 3. The molecule has 4 aromatic rings. The van der Waals surface area contributed by atoms with Gasteiger partial charge in [-0.15, -0.1) is 0 Å².